The molecular weight excluding hydrogens is 609 g/mol. The highest BCUT2D eigenvalue weighted by atomic mass is 33.1. The summed E-state index contributed by atoms with van der Waals surface area (Å²) in [6.07, 6.45) is 31.9. The zero-order valence-electron chi connectivity index (χ0n) is 31.0. The van der Waals surface area contributed by atoms with E-state index in [1.165, 1.54) is 154 Å². The Labute approximate surface area is 296 Å². The summed E-state index contributed by atoms with van der Waals surface area (Å²) >= 11 is 0. The van der Waals surface area contributed by atoms with Crippen LogP contribution in [0.4, 0.5) is 0 Å². The summed E-state index contributed by atoms with van der Waals surface area (Å²) in [7, 11) is 3.88. The third kappa shape index (κ3) is 34.3. The van der Waals surface area contributed by atoms with E-state index < -0.39 is 12.2 Å². The van der Waals surface area contributed by atoms with Crippen LogP contribution in [0.1, 0.15) is 168 Å². The molecule has 0 bridgehead atoms. The molecular formula is C38H82N4O2S2. The van der Waals surface area contributed by atoms with Crippen molar-refractivity contribution in [3.8, 4) is 0 Å². The number of nitrogens with zero attached hydrogens (tertiary/aromatic N) is 2. The zero-order valence-corrected chi connectivity index (χ0v) is 32.6. The molecule has 0 heterocycles. The Bertz CT molecular complexity index is 531. The van der Waals surface area contributed by atoms with Gasteiger partial charge in [0.1, 0.15) is 0 Å². The second-order valence-electron chi connectivity index (χ2n) is 13.8. The molecule has 0 aliphatic carbocycles. The summed E-state index contributed by atoms with van der Waals surface area (Å²) in [5, 5.41) is 20.4. The Morgan fingerprint density at radius 3 is 0.935 bits per heavy atom. The molecule has 46 heavy (non-hydrogen) atoms. The van der Waals surface area contributed by atoms with Crippen molar-refractivity contribution in [1.82, 2.24) is 9.80 Å². The topological polar surface area (TPSA) is 99.0 Å². The summed E-state index contributed by atoms with van der Waals surface area (Å²) in [6.45, 7) is 10.7. The Morgan fingerprint density at radius 1 is 0.413 bits per heavy atom. The smallest absolute Gasteiger partial charge is 0.0789 e. The quantitative estimate of drug-likeness (QED) is 0.0375. The monoisotopic (exact) mass is 691 g/mol. The van der Waals surface area contributed by atoms with Crippen molar-refractivity contribution in [1.29, 1.82) is 0 Å². The molecule has 0 radical (unpaired) electrons. The molecule has 0 saturated carbocycles. The Kier molecular flexibility index (Phi) is 38.6. The maximum Gasteiger partial charge on any atom is 0.0789 e. The van der Waals surface area contributed by atoms with Crippen LogP contribution >= 0.6 is 21.6 Å². The molecule has 278 valence electrons. The van der Waals surface area contributed by atoms with E-state index in [4.69, 9.17) is 11.5 Å². The van der Waals surface area contributed by atoms with Crippen molar-refractivity contribution in [2.45, 2.75) is 180 Å². The first kappa shape index (κ1) is 46.5. The molecule has 0 aliphatic heterocycles. The van der Waals surface area contributed by atoms with Crippen LogP contribution in [0.5, 0.6) is 0 Å². The van der Waals surface area contributed by atoms with E-state index in [1.54, 1.807) is 0 Å². The highest BCUT2D eigenvalue weighted by Gasteiger charge is 2.12. The van der Waals surface area contributed by atoms with Crippen LogP contribution in [0.3, 0.4) is 0 Å². The Hall–Kier alpha value is 0.460. The lowest BCUT2D eigenvalue weighted by Crippen LogP contribution is -2.38. The van der Waals surface area contributed by atoms with E-state index >= 15 is 0 Å². The third-order valence-electron chi connectivity index (χ3n) is 9.20. The van der Waals surface area contributed by atoms with Gasteiger partial charge in [-0.1, -0.05) is 177 Å². The first-order valence-electron chi connectivity index (χ1n) is 20.0. The lowest BCUT2D eigenvalue weighted by molar-refractivity contribution is 0.120. The number of unbranched alkanes of at least 4 members (excludes halogenated alkanes) is 22. The second kappa shape index (κ2) is 38.3. The fourth-order valence-electron chi connectivity index (χ4n) is 6.14. The van der Waals surface area contributed by atoms with Gasteiger partial charge in [0.15, 0.2) is 0 Å². The van der Waals surface area contributed by atoms with Gasteiger partial charge in [0.05, 0.1) is 12.2 Å². The van der Waals surface area contributed by atoms with Gasteiger partial charge >= 0.3 is 0 Å². The highest BCUT2D eigenvalue weighted by Crippen LogP contribution is 2.22. The maximum absolute atomic E-state index is 10.2. The minimum absolute atomic E-state index is 0.334. The van der Waals surface area contributed by atoms with Crippen molar-refractivity contribution < 1.29 is 10.2 Å². The number of hydrogen-bond acceptors (Lipinski definition) is 8. The lowest BCUT2D eigenvalue weighted by atomic mass is 10.1. The summed E-state index contributed by atoms with van der Waals surface area (Å²) in [4.78, 5) is 4.83. The molecule has 0 spiro atoms. The molecule has 0 aliphatic rings. The van der Waals surface area contributed by atoms with E-state index in [1.807, 2.05) is 21.6 Å². The van der Waals surface area contributed by atoms with E-state index in [2.05, 4.69) is 23.6 Å². The maximum atomic E-state index is 10.2. The van der Waals surface area contributed by atoms with Crippen LogP contribution < -0.4 is 11.5 Å². The lowest BCUT2D eigenvalue weighted by Gasteiger charge is -2.25. The SMILES string of the molecule is CCCCCCCCCCCCCCN(CCSSCCN(CCCCCCCCCCCCCC)CC(O)CN)CC(O)CN. The largest absolute Gasteiger partial charge is 0.390 e. The fraction of sp³-hybridized carbons (Fsp3) is 1.00. The van der Waals surface area contributed by atoms with Crippen LogP contribution in [0.2, 0.25) is 0 Å². The molecule has 6 nitrogen and oxygen atoms in total. The molecule has 8 heteroatoms. The molecule has 0 aromatic carbocycles. The van der Waals surface area contributed by atoms with E-state index in [0.717, 1.165) is 37.7 Å². The van der Waals surface area contributed by atoms with Gasteiger partial charge in [0.25, 0.3) is 0 Å². The highest BCUT2D eigenvalue weighted by molar-refractivity contribution is 8.76. The van der Waals surface area contributed by atoms with Crippen molar-refractivity contribution >= 4 is 21.6 Å². The van der Waals surface area contributed by atoms with E-state index in [9.17, 15) is 10.2 Å². The average Bonchev–Trinajstić information content (AvgIpc) is 3.06. The van der Waals surface area contributed by atoms with Crippen molar-refractivity contribution in [3.05, 3.63) is 0 Å². The summed E-state index contributed by atoms with van der Waals surface area (Å²) in [5.41, 5.74) is 11.5. The van der Waals surface area contributed by atoms with E-state index in [0.29, 0.717) is 26.2 Å². The fourth-order valence-corrected chi connectivity index (χ4v) is 8.19. The Morgan fingerprint density at radius 2 is 0.674 bits per heavy atom. The number of aliphatic hydroxyl groups excluding tert-OH is 2. The molecule has 0 aromatic rings. The molecule has 0 fully saturated rings. The summed E-state index contributed by atoms with van der Waals surface area (Å²) < 4.78 is 0. The van der Waals surface area contributed by atoms with Crippen molar-refractivity contribution in [2.24, 2.45) is 11.5 Å². The minimum atomic E-state index is -0.433. The third-order valence-corrected chi connectivity index (χ3v) is 11.6. The van der Waals surface area contributed by atoms with Gasteiger partial charge in [-0.25, -0.2) is 0 Å². The van der Waals surface area contributed by atoms with Gasteiger partial charge < -0.3 is 21.7 Å². The van der Waals surface area contributed by atoms with Crippen LogP contribution in [-0.2, 0) is 0 Å². The second-order valence-corrected chi connectivity index (χ2v) is 16.5. The minimum Gasteiger partial charge on any atom is -0.390 e. The molecule has 6 N–H and O–H groups in total. The van der Waals surface area contributed by atoms with Gasteiger partial charge in [-0.15, -0.1) is 0 Å². The van der Waals surface area contributed by atoms with Crippen LogP contribution in [0, 0.1) is 0 Å². The molecule has 2 unspecified atom stereocenters. The van der Waals surface area contributed by atoms with Crippen molar-refractivity contribution in [3.63, 3.8) is 0 Å². The normalized spacial score (nSPS) is 13.3. The molecule has 0 aromatic heterocycles. The zero-order chi connectivity index (χ0) is 33.8. The van der Waals surface area contributed by atoms with Crippen LogP contribution in [0.25, 0.3) is 0 Å². The number of rotatable bonds is 39. The number of aliphatic hydroxyl groups is 2. The van der Waals surface area contributed by atoms with Gasteiger partial charge in [0, 0.05) is 50.8 Å². The first-order chi connectivity index (χ1) is 22.6. The number of nitrogens with two attached hydrogens (primary N) is 2. The number of hydrogen-bond donors (Lipinski definition) is 4. The molecule has 2 atom stereocenters. The average molecular weight is 691 g/mol. The Balaban J connectivity index is 4.03. The van der Waals surface area contributed by atoms with Gasteiger partial charge in [0.2, 0.25) is 0 Å². The standard InChI is InChI=1S/C38H82N4O2S2/c1-3-5-7-9-11-13-15-17-19-21-23-25-27-41(35-37(43)33-39)29-31-45-46-32-30-42(36-38(44)34-40)28-26-24-22-20-18-16-14-12-10-8-6-4-2/h37-38,43-44H,3-36,39-40H2,1-2H3. The first-order valence-corrected chi connectivity index (χ1v) is 22.5. The van der Waals surface area contributed by atoms with Gasteiger partial charge in [-0.2, -0.15) is 0 Å². The molecule has 0 rings (SSSR count). The van der Waals surface area contributed by atoms with E-state index in [-0.39, 0.29) is 0 Å². The summed E-state index contributed by atoms with van der Waals surface area (Å²) in [5.74, 6) is 2.12. The molecule has 0 amide bonds. The van der Waals surface area contributed by atoms with Crippen LogP contribution in [-0.4, -0.2) is 96.1 Å². The van der Waals surface area contributed by atoms with Gasteiger partial charge in [-0.05, 0) is 25.9 Å². The predicted octanol–water partition coefficient (Wildman–Crippen LogP) is 9.01. The van der Waals surface area contributed by atoms with Crippen molar-refractivity contribution in [2.75, 3.05) is 63.9 Å². The summed E-state index contributed by atoms with van der Waals surface area (Å²) in [6, 6.07) is 0. The van der Waals surface area contributed by atoms with Crippen LogP contribution in [0.15, 0.2) is 0 Å². The predicted molar refractivity (Wildman–Crippen MR) is 210 cm³/mol. The molecule has 0 saturated heterocycles. The van der Waals surface area contributed by atoms with Gasteiger partial charge in [-0.3, -0.25) is 9.80 Å².